The Labute approximate surface area is 165 Å². The molecule has 2 atom stereocenters. The Balaban J connectivity index is 2.03. The normalized spacial score (nSPS) is 14.5. The van der Waals surface area contributed by atoms with E-state index in [0.717, 1.165) is 0 Å². The zero-order valence-electron chi connectivity index (χ0n) is 15.2. The number of halogens is 2. The molecule has 0 aliphatic rings. The summed E-state index contributed by atoms with van der Waals surface area (Å²) >= 11 is 12.0. The van der Waals surface area contributed by atoms with Gasteiger partial charge in [-0.2, -0.15) is 5.10 Å². The third-order valence-corrected chi connectivity index (χ3v) is 4.33. The van der Waals surface area contributed by atoms with E-state index in [1.807, 2.05) is 20.8 Å². The van der Waals surface area contributed by atoms with Gasteiger partial charge in [0.2, 0.25) is 5.28 Å². The number of ether oxygens (including phenoxy) is 1. The molecule has 144 valence electrons. The van der Waals surface area contributed by atoms with E-state index in [4.69, 9.17) is 27.9 Å². The summed E-state index contributed by atoms with van der Waals surface area (Å²) < 4.78 is 8.28. The van der Waals surface area contributed by atoms with Gasteiger partial charge in [0, 0.05) is 11.8 Å². The molecule has 3 aromatic heterocycles. The molecule has 1 N–H and O–H groups in total. The van der Waals surface area contributed by atoms with E-state index in [2.05, 4.69) is 15.1 Å². The molecular weight excluding hydrogens is 393 g/mol. The van der Waals surface area contributed by atoms with Crippen LogP contribution in [0.15, 0.2) is 29.6 Å². The number of fused-ring (bicyclic) bond motifs is 1. The number of nitrogens with zero attached hydrogens (tertiary/aromatic N) is 5. The van der Waals surface area contributed by atoms with Crippen LogP contribution in [0.25, 0.3) is 16.8 Å². The van der Waals surface area contributed by atoms with Gasteiger partial charge < -0.3 is 9.84 Å². The summed E-state index contributed by atoms with van der Waals surface area (Å²) in [5.41, 5.74) is 0.382. The van der Waals surface area contributed by atoms with E-state index in [0.29, 0.717) is 21.8 Å². The van der Waals surface area contributed by atoms with Crippen LogP contribution in [-0.4, -0.2) is 41.1 Å². The average Bonchev–Trinajstić information content (AvgIpc) is 3.00. The minimum Gasteiger partial charge on any atom is -0.366 e. The molecule has 3 heterocycles. The van der Waals surface area contributed by atoms with E-state index in [1.54, 1.807) is 19.2 Å². The quantitative estimate of drug-likeness (QED) is 0.523. The minimum atomic E-state index is -1.17. The van der Waals surface area contributed by atoms with Crippen molar-refractivity contribution in [1.29, 1.82) is 0 Å². The first-order valence-electron chi connectivity index (χ1n) is 8.20. The van der Waals surface area contributed by atoms with Crippen LogP contribution in [0.1, 0.15) is 33.7 Å². The van der Waals surface area contributed by atoms with Crippen molar-refractivity contribution in [3.05, 3.63) is 45.4 Å². The van der Waals surface area contributed by atoms with Crippen LogP contribution in [0.5, 0.6) is 0 Å². The van der Waals surface area contributed by atoms with Gasteiger partial charge >= 0.3 is 0 Å². The predicted molar refractivity (Wildman–Crippen MR) is 102 cm³/mol. The van der Waals surface area contributed by atoms with Crippen molar-refractivity contribution in [2.45, 2.75) is 45.6 Å². The smallest absolute Gasteiger partial charge is 0.278 e. The summed E-state index contributed by atoms with van der Waals surface area (Å²) in [6, 6.07) is 0.977. The molecule has 8 nitrogen and oxygen atoms in total. The molecule has 0 radical (unpaired) electrons. The van der Waals surface area contributed by atoms with E-state index in [-0.39, 0.29) is 10.8 Å². The Hall–Kier alpha value is -2.00. The van der Waals surface area contributed by atoms with Gasteiger partial charge in [-0.3, -0.25) is 9.36 Å². The SMILES string of the molecule is CC(C(O)OC(C)(C)C)n1cnn2cc(-c3nc(Cl)ncc3Cl)cc2c1=O. The van der Waals surface area contributed by atoms with Crippen molar-refractivity contribution in [2.24, 2.45) is 0 Å². The van der Waals surface area contributed by atoms with Gasteiger partial charge in [-0.25, -0.2) is 14.5 Å². The lowest BCUT2D eigenvalue weighted by atomic mass is 10.2. The largest absolute Gasteiger partial charge is 0.366 e. The molecule has 3 aromatic rings. The first-order chi connectivity index (χ1) is 12.6. The second-order valence-electron chi connectivity index (χ2n) is 7.10. The second kappa shape index (κ2) is 7.20. The Morgan fingerprint density at radius 3 is 2.67 bits per heavy atom. The van der Waals surface area contributed by atoms with Crippen molar-refractivity contribution < 1.29 is 9.84 Å². The first-order valence-corrected chi connectivity index (χ1v) is 8.96. The van der Waals surface area contributed by atoms with Gasteiger partial charge in [0.05, 0.1) is 28.6 Å². The highest BCUT2D eigenvalue weighted by molar-refractivity contribution is 6.33. The average molecular weight is 412 g/mol. The van der Waals surface area contributed by atoms with Gasteiger partial charge in [0.15, 0.2) is 6.29 Å². The summed E-state index contributed by atoms with van der Waals surface area (Å²) in [7, 11) is 0. The lowest BCUT2D eigenvalue weighted by Crippen LogP contribution is -2.37. The van der Waals surface area contributed by atoms with E-state index in [1.165, 1.54) is 21.6 Å². The molecule has 0 fully saturated rings. The number of rotatable bonds is 4. The molecule has 10 heteroatoms. The zero-order valence-corrected chi connectivity index (χ0v) is 16.7. The monoisotopic (exact) mass is 411 g/mol. The number of hydrogen-bond donors (Lipinski definition) is 1. The molecule has 27 heavy (non-hydrogen) atoms. The highest BCUT2D eigenvalue weighted by Gasteiger charge is 2.24. The summed E-state index contributed by atoms with van der Waals surface area (Å²) in [5, 5.41) is 14.9. The maximum atomic E-state index is 12.9. The third-order valence-electron chi connectivity index (χ3n) is 3.87. The van der Waals surface area contributed by atoms with Crippen molar-refractivity contribution in [1.82, 2.24) is 24.1 Å². The van der Waals surface area contributed by atoms with Gasteiger partial charge in [0.1, 0.15) is 11.8 Å². The van der Waals surface area contributed by atoms with Crippen LogP contribution in [0, 0.1) is 0 Å². The minimum absolute atomic E-state index is 0.0473. The fourth-order valence-corrected chi connectivity index (χ4v) is 2.90. The van der Waals surface area contributed by atoms with Gasteiger partial charge in [-0.05, 0) is 45.4 Å². The zero-order chi connectivity index (χ0) is 19.9. The molecular formula is C17H19Cl2N5O3. The standard InChI is InChI=1S/C17H19Cl2N5O3/c1-9(15(26)27-17(2,3)4)23-8-21-24-7-10(5-12(24)14(23)25)13-11(18)6-20-16(19)22-13/h5-9,15,26H,1-4H3. The van der Waals surface area contributed by atoms with Crippen molar-refractivity contribution in [2.75, 3.05) is 0 Å². The molecule has 2 unspecified atom stereocenters. The summed E-state index contributed by atoms with van der Waals surface area (Å²) in [4.78, 5) is 20.8. The first kappa shape index (κ1) is 19.8. The fourth-order valence-electron chi connectivity index (χ4n) is 2.57. The van der Waals surface area contributed by atoms with Crippen LogP contribution in [0.3, 0.4) is 0 Å². The maximum absolute atomic E-state index is 12.9. The lowest BCUT2D eigenvalue weighted by Gasteiger charge is -2.28. The van der Waals surface area contributed by atoms with Gasteiger partial charge in [-0.15, -0.1) is 0 Å². The molecule has 3 rings (SSSR count). The predicted octanol–water partition coefficient (Wildman–Crippen LogP) is 2.95. The highest BCUT2D eigenvalue weighted by atomic mass is 35.5. The van der Waals surface area contributed by atoms with Crippen molar-refractivity contribution >= 4 is 28.7 Å². The molecule has 0 aliphatic carbocycles. The molecule has 0 saturated carbocycles. The summed E-state index contributed by atoms with van der Waals surface area (Å²) in [6.07, 6.45) is 3.20. The Morgan fingerprint density at radius 2 is 2.00 bits per heavy atom. The van der Waals surface area contributed by atoms with Gasteiger partial charge in [-0.1, -0.05) is 11.6 Å². The van der Waals surface area contributed by atoms with Crippen molar-refractivity contribution in [3.8, 4) is 11.3 Å². The Morgan fingerprint density at radius 1 is 1.30 bits per heavy atom. The van der Waals surface area contributed by atoms with E-state index in [9.17, 15) is 9.90 Å². The summed E-state index contributed by atoms with van der Waals surface area (Å²) in [6.45, 7) is 7.15. The van der Waals surface area contributed by atoms with Crippen LogP contribution in [0.4, 0.5) is 0 Å². The number of aliphatic hydroxyl groups excluding tert-OH is 1. The molecule has 0 amide bonds. The highest BCUT2D eigenvalue weighted by Crippen LogP contribution is 2.27. The number of hydrogen-bond acceptors (Lipinski definition) is 6. The third kappa shape index (κ3) is 4.14. The fraction of sp³-hybridized carbons (Fsp3) is 0.412. The molecule has 0 saturated heterocycles. The summed E-state index contributed by atoms with van der Waals surface area (Å²) in [5.74, 6) is 0. The van der Waals surface area contributed by atoms with Crippen LogP contribution in [-0.2, 0) is 4.74 Å². The second-order valence-corrected chi connectivity index (χ2v) is 7.84. The Bertz CT molecular complexity index is 1040. The lowest BCUT2D eigenvalue weighted by molar-refractivity contribution is -0.185. The van der Waals surface area contributed by atoms with Crippen molar-refractivity contribution in [3.63, 3.8) is 0 Å². The topological polar surface area (TPSA) is 94.5 Å². The molecule has 0 bridgehead atoms. The maximum Gasteiger partial charge on any atom is 0.278 e. The van der Waals surface area contributed by atoms with Gasteiger partial charge in [0.25, 0.3) is 5.56 Å². The number of aromatic nitrogens is 5. The Kier molecular flexibility index (Phi) is 5.27. The van der Waals surface area contributed by atoms with Crippen LogP contribution >= 0.6 is 23.2 Å². The number of aliphatic hydroxyl groups is 1. The van der Waals surface area contributed by atoms with E-state index < -0.39 is 17.9 Å². The molecule has 0 aliphatic heterocycles. The van der Waals surface area contributed by atoms with Crippen LogP contribution < -0.4 is 5.56 Å². The van der Waals surface area contributed by atoms with Crippen LogP contribution in [0.2, 0.25) is 10.3 Å². The molecule has 0 aromatic carbocycles. The van der Waals surface area contributed by atoms with E-state index >= 15 is 0 Å². The molecule has 0 spiro atoms.